The maximum absolute atomic E-state index is 13.2. The molecule has 2 amide bonds. The van der Waals surface area contributed by atoms with Gasteiger partial charge in [0.25, 0.3) is 0 Å². The van der Waals surface area contributed by atoms with E-state index in [1.165, 1.54) is 12.8 Å². The number of benzene rings is 1. The lowest BCUT2D eigenvalue weighted by molar-refractivity contribution is -0.128. The SMILES string of the molecule is CC(C)(C)OC(=O)N1[C@@H]2CC[C@@H](C2)[C@H]1C(=O)N[C@H](C#N)Cc1ccc(-n2cc(C3CC3)nn2)cc1. The van der Waals surface area contributed by atoms with E-state index in [1.807, 2.05) is 51.2 Å². The summed E-state index contributed by atoms with van der Waals surface area (Å²) in [7, 11) is 0. The normalized spacial score (nSPS) is 24.2. The maximum atomic E-state index is 13.2. The summed E-state index contributed by atoms with van der Waals surface area (Å²) in [6.07, 6.45) is 6.85. The number of piperidine rings is 1. The van der Waals surface area contributed by atoms with Crippen molar-refractivity contribution in [1.29, 1.82) is 5.26 Å². The van der Waals surface area contributed by atoms with Crippen LogP contribution in [0.25, 0.3) is 5.69 Å². The van der Waals surface area contributed by atoms with Crippen molar-refractivity contribution in [3.8, 4) is 11.8 Å². The van der Waals surface area contributed by atoms with Gasteiger partial charge in [0.15, 0.2) is 0 Å². The van der Waals surface area contributed by atoms with E-state index in [2.05, 4.69) is 21.7 Å². The third-order valence-electron chi connectivity index (χ3n) is 7.08. The van der Waals surface area contributed by atoms with Gasteiger partial charge in [0, 0.05) is 18.4 Å². The smallest absolute Gasteiger partial charge is 0.411 e. The molecule has 9 heteroatoms. The highest BCUT2D eigenvalue weighted by atomic mass is 16.6. The lowest BCUT2D eigenvalue weighted by Gasteiger charge is -2.35. The molecule has 4 atom stereocenters. The van der Waals surface area contributed by atoms with Gasteiger partial charge < -0.3 is 10.1 Å². The van der Waals surface area contributed by atoms with Gasteiger partial charge in [-0.1, -0.05) is 17.3 Å². The van der Waals surface area contributed by atoms with E-state index >= 15 is 0 Å². The molecule has 184 valence electrons. The number of hydrogen-bond donors (Lipinski definition) is 1. The molecule has 9 nitrogen and oxygen atoms in total. The summed E-state index contributed by atoms with van der Waals surface area (Å²) in [6.45, 7) is 5.46. The average molecular weight is 477 g/mol. The van der Waals surface area contributed by atoms with Gasteiger partial charge in [-0.25, -0.2) is 9.48 Å². The molecule has 3 fully saturated rings. The molecule has 3 aliphatic rings. The molecule has 1 aromatic carbocycles. The zero-order chi connectivity index (χ0) is 24.7. The molecule has 0 unspecified atom stereocenters. The largest absolute Gasteiger partial charge is 0.444 e. The molecule has 2 saturated carbocycles. The number of nitrogens with one attached hydrogen (secondary N) is 1. The summed E-state index contributed by atoms with van der Waals surface area (Å²) in [5, 5.41) is 21.1. The Morgan fingerprint density at radius 1 is 1.20 bits per heavy atom. The molecule has 1 aliphatic heterocycles. The summed E-state index contributed by atoms with van der Waals surface area (Å²) in [6, 6.07) is 8.71. The average Bonchev–Trinajstić information content (AvgIpc) is 3.21. The molecule has 1 saturated heterocycles. The van der Waals surface area contributed by atoms with Gasteiger partial charge >= 0.3 is 6.09 Å². The van der Waals surface area contributed by atoms with Crippen LogP contribution in [-0.4, -0.2) is 55.6 Å². The minimum atomic E-state index is -0.694. The van der Waals surface area contributed by atoms with Gasteiger partial charge in [-0.15, -0.1) is 5.10 Å². The molecule has 2 bridgehead atoms. The van der Waals surface area contributed by atoms with Gasteiger partial charge in [-0.2, -0.15) is 5.26 Å². The van der Waals surface area contributed by atoms with Crippen molar-refractivity contribution in [2.24, 2.45) is 5.92 Å². The zero-order valence-corrected chi connectivity index (χ0v) is 20.5. The van der Waals surface area contributed by atoms with Gasteiger partial charge in [0.2, 0.25) is 5.91 Å². The van der Waals surface area contributed by atoms with E-state index in [0.29, 0.717) is 12.3 Å². The number of carbonyl (C=O) groups excluding carboxylic acids is 2. The number of nitriles is 1. The van der Waals surface area contributed by atoms with Gasteiger partial charge in [-0.3, -0.25) is 9.69 Å². The molecule has 0 spiro atoms. The standard InChI is InChI=1S/C26H32N6O3/c1-26(2,3)35-25(34)32-21-11-8-18(13-21)23(32)24(33)28-19(14-27)12-16-4-9-20(10-5-16)31-15-22(29-30-31)17-6-7-17/h4-5,9-10,15,17-19,21,23H,6-8,11-13H2,1-3H3,(H,28,33)/t18-,19-,21+,23-/m0/s1. The van der Waals surface area contributed by atoms with E-state index in [9.17, 15) is 14.9 Å². The van der Waals surface area contributed by atoms with Crippen LogP contribution in [0.1, 0.15) is 70.1 Å². The van der Waals surface area contributed by atoms with Crippen molar-refractivity contribution < 1.29 is 14.3 Å². The second-order valence-electron chi connectivity index (χ2n) is 11.0. The highest BCUT2D eigenvalue weighted by Crippen LogP contribution is 2.43. The lowest BCUT2D eigenvalue weighted by atomic mass is 9.97. The Hall–Kier alpha value is -3.41. The summed E-state index contributed by atoms with van der Waals surface area (Å²) in [5.41, 5.74) is 2.23. The second kappa shape index (κ2) is 8.99. The first-order chi connectivity index (χ1) is 16.7. The van der Waals surface area contributed by atoms with Crippen molar-refractivity contribution in [3.05, 3.63) is 41.7 Å². The van der Waals surface area contributed by atoms with Crippen LogP contribution in [0.3, 0.4) is 0 Å². The van der Waals surface area contributed by atoms with Crippen LogP contribution in [0.5, 0.6) is 0 Å². The van der Waals surface area contributed by atoms with Crippen LogP contribution >= 0.6 is 0 Å². The number of carbonyl (C=O) groups is 2. The second-order valence-corrected chi connectivity index (χ2v) is 11.0. The molecule has 5 rings (SSSR count). The Morgan fingerprint density at radius 3 is 2.60 bits per heavy atom. The Bertz CT molecular complexity index is 1140. The molecule has 2 aliphatic carbocycles. The molecule has 1 aromatic heterocycles. The molecule has 2 aromatic rings. The maximum Gasteiger partial charge on any atom is 0.411 e. The number of likely N-dealkylation sites (tertiary alicyclic amines) is 1. The number of rotatable bonds is 6. The highest BCUT2D eigenvalue weighted by Gasteiger charge is 2.52. The van der Waals surface area contributed by atoms with E-state index in [1.54, 1.807) is 9.58 Å². The monoisotopic (exact) mass is 476 g/mol. The molecule has 1 N–H and O–H groups in total. The predicted molar refractivity (Wildman–Crippen MR) is 128 cm³/mol. The number of hydrogen-bond acceptors (Lipinski definition) is 6. The van der Waals surface area contributed by atoms with Gasteiger partial charge in [0.1, 0.15) is 17.7 Å². The Labute approximate surface area is 205 Å². The number of ether oxygens (including phenoxy) is 1. The summed E-state index contributed by atoms with van der Waals surface area (Å²) in [5.74, 6) is 0.375. The van der Waals surface area contributed by atoms with Crippen LogP contribution in [0.15, 0.2) is 30.5 Å². The van der Waals surface area contributed by atoms with Crippen LogP contribution in [-0.2, 0) is 16.0 Å². The zero-order valence-electron chi connectivity index (χ0n) is 20.5. The fourth-order valence-electron chi connectivity index (χ4n) is 5.28. The molecule has 35 heavy (non-hydrogen) atoms. The third-order valence-corrected chi connectivity index (χ3v) is 7.08. The summed E-state index contributed by atoms with van der Waals surface area (Å²) in [4.78, 5) is 27.7. The van der Waals surface area contributed by atoms with Crippen molar-refractivity contribution in [3.63, 3.8) is 0 Å². The van der Waals surface area contributed by atoms with Crippen molar-refractivity contribution in [2.45, 2.75) is 88.9 Å². The van der Waals surface area contributed by atoms with E-state index < -0.39 is 23.8 Å². The number of fused-ring (bicyclic) bond motifs is 2. The third kappa shape index (κ3) is 5.02. The molecule has 0 radical (unpaired) electrons. The summed E-state index contributed by atoms with van der Waals surface area (Å²) >= 11 is 0. The quantitative estimate of drug-likeness (QED) is 0.683. The van der Waals surface area contributed by atoms with Crippen LogP contribution in [0, 0.1) is 17.2 Å². The van der Waals surface area contributed by atoms with Gasteiger partial charge in [-0.05, 0) is 76.5 Å². The van der Waals surface area contributed by atoms with Crippen molar-refractivity contribution >= 4 is 12.0 Å². The Balaban J connectivity index is 1.22. The molecule has 2 heterocycles. The van der Waals surface area contributed by atoms with Crippen LogP contribution in [0.4, 0.5) is 4.79 Å². The summed E-state index contributed by atoms with van der Waals surface area (Å²) < 4.78 is 7.34. The van der Waals surface area contributed by atoms with E-state index in [0.717, 1.165) is 36.2 Å². The minimum Gasteiger partial charge on any atom is -0.444 e. The van der Waals surface area contributed by atoms with Gasteiger partial charge in [0.05, 0.1) is 23.6 Å². The first kappa shape index (κ1) is 23.3. The van der Waals surface area contributed by atoms with E-state index in [-0.39, 0.29) is 17.9 Å². The predicted octanol–water partition coefficient (Wildman–Crippen LogP) is 3.48. The number of aromatic nitrogens is 3. The van der Waals surface area contributed by atoms with Crippen LogP contribution in [0.2, 0.25) is 0 Å². The first-order valence-corrected chi connectivity index (χ1v) is 12.4. The molecular formula is C26H32N6O3. The lowest BCUT2D eigenvalue weighted by Crippen LogP contribution is -2.55. The molecular weight excluding hydrogens is 444 g/mol. The number of nitrogens with zero attached hydrogens (tertiary/aromatic N) is 5. The van der Waals surface area contributed by atoms with Crippen LogP contribution < -0.4 is 5.32 Å². The fraction of sp³-hybridized carbons (Fsp3) is 0.577. The fourth-order valence-corrected chi connectivity index (χ4v) is 5.28. The van der Waals surface area contributed by atoms with Crippen molar-refractivity contribution in [2.75, 3.05) is 0 Å². The van der Waals surface area contributed by atoms with E-state index in [4.69, 9.17) is 4.74 Å². The topological polar surface area (TPSA) is 113 Å². The first-order valence-electron chi connectivity index (χ1n) is 12.4. The Kier molecular flexibility index (Phi) is 5.99. The minimum absolute atomic E-state index is 0.0240. The highest BCUT2D eigenvalue weighted by molar-refractivity contribution is 5.87. The Morgan fingerprint density at radius 2 is 1.94 bits per heavy atom. The van der Waals surface area contributed by atoms with Crippen molar-refractivity contribution in [1.82, 2.24) is 25.2 Å². The number of amides is 2.